The number of rotatable bonds is 7. The van der Waals surface area contributed by atoms with Crippen LogP contribution in [0, 0.1) is 11.8 Å². The molecule has 1 aromatic carbocycles. The Morgan fingerprint density at radius 3 is 2.65 bits per heavy atom. The van der Waals surface area contributed by atoms with Gasteiger partial charge in [0.1, 0.15) is 17.4 Å². The topological polar surface area (TPSA) is 96.2 Å². The highest BCUT2D eigenvalue weighted by Crippen LogP contribution is 2.35. The van der Waals surface area contributed by atoms with Crippen LogP contribution in [0.4, 0.5) is 0 Å². The molecule has 2 fully saturated rings. The number of carbonyl (C=O) groups excluding carboxylic acids is 2. The quantitative estimate of drug-likeness (QED) is 0.499. The van der Waals surface area contributed by atoms with Crippen molar-refractivity contribution >= 4 is 17.5 Å². The number of aromatic hydroxyl groups is 1. The summed E-state index contributed by atoms with van der Waals surface area (Å²) in [5.74, 6) is 0.0783. The molecular weight excluding hydrogens is 468 g/mol. The maximum Gasteiger partial charge on any atom is 0.246 e. The number of phenolic OH excluding ortho intramolecular Hbond substituents is 1. The Morgan fingerprint density at radius 1 is 1.16 bits per heavy atom. The molecule has 2 saturated heterocycles. The predicted octanol–water partition coefficient (Wildman–Crippen LogP) is 4.33. The summed E-state index contributed by atoms with van der Waals surface area (Å²) in [7, 11) is 0. The third kappa shape index (κ3) is 5.21. The van der Waals surface area contributed by atoms with E-state index in [1.54, 1.807) is 12.1 Å². The van der Waals surface area contributed by atoms with E-state index in [0.717, 1.165) is 54.6 Å². The van der Waals surface area contributed by atoms with Crippen molar-refractivity contribution in [2.24, 2.45) is 11.8 Å². The number of likely N-dealkylation sites (tertiary alicyclic amines) is 1. The molecule has 0 unspecified atom stereocenters. The van der Waals surface area contributed by atoms with E-state index in [4.69, 9.17) is 9.72 Å². The molecule has 196 valence electrons. The lowest BCUT2D eigenvalue weighted by atomic mass is 9.90. The van der Waals surface area contributed by atoms with Crippen LogP contribution in [-0.4, -0.2) is 57.0 Å². The number of nitrogens with zero attached hydrogens (tertiary/aromatic N) is 3. The number of hydrogen-bond donors (Lipinski definition) is 2. The highest BCUT2D eigenvalue weighted by molar-refractivity contribution is 5.89. The number of aromatic nitrogens is 2. The van der Waals surface area contributed by atoms with Gasteiger partial charge in [0, 0.05) is 43.6 Å². The van der Waals surface area contributed by atoms with Crippen molar-refractivity contribution in [2.45, 2.75) is 58.0 Å². The van der Waals surface area contributed by atoms with Gasteiger partial charge in [-0.3, -0.25) is 9.59 Å². The number of benzene rings is 1. The van der Waals surface area contributed by atoms with Crippen LogP contribution in [0.25, 0.3) is 16.8 Å². The first-order chi connectivity index (χ1) is 18.0. The highest BCUT2D eigenvalue weighted by Gasteiger charge is 2.40. The zero-order valence-electron chi connectivity index (χ0n) is 21.6. The van der Waals surface area contributed by atoms with E-state index < -0.39 is 6.04 Å². The van der Waals surface area contributed by atoms with Crippen LogP contribution in [-0.2, 0) is 14.3 Å². The van der Waals surface area contributed by atoms with E-state index >= 15 is 0 Å². The molecule has 2 aliphatic heterocycles. The zero-order valence-corrected chi connectivity index (χ0v) is 21.6. The lowest BCUT2D eigenvalue weighted by molar-refractivity contribution is -0.140. The van der Waals surface area contributed by atoms with E-state index in [9.17, 15) is 14.7 Å². The smallest absolute Gasteiger partial charge is 0.246 e. The SMILES string of the molecule is CC[C@@H](C)C(=O)N[C@H](C(=O)N1CCC[C@H]1c1cn2cccc(-c3ccc(O)cc3)c2n1)C1CCOCC1. The number of phenols is 1. The number of fused-ring (bicyclic) bond motifs is 1. The normalized spacial score (nSPS) is 20.2. The van der Waals surface area contributed by atoms with Gasteiger partial charge < -0.3 is 24.5 Å². The van der Waals surface area contributed by atoms with Crippen LogP contribution in [0.2, 0.25) is 0 Å². The number of hydrogen-bond acceptors (Lipinski definition) is 5. The molecule has 5 rings (SSSR count). The summed E-state index contributed by atoms with van der Waals surface area (Å²) in [4.78, 5) is 33.8. The molecule has 8 nitrogen and oxygen atoms in total. The van der Waals surface area contributed by atoms with Gasteiger partial charge in [0.2, 0.25) is 11.8 Å². The van der Waals surface area contributed by atoms with Gasteiger partial charge in [-0.25, -0.2) is 4.98 Å². The fourth-order valence-corrected chi connectivity index (χ4v) is 5.49. The Hall–Kier alpha value is -3.39. The summed E-state index contributed by atoms with van der Waals surface area (Å²) in [5.41, 5.74) is 3.60. The third-order valence-electron chi connectivity index (χ3n) is 7.92. The minimum atomic E-state index is -0.546. The van der Waals surface area contributed by atoms with Crippen molar-refractivity contribution in [1.29, 1.82) is 0 Å². The van der Waals surface area contributed by atoms with Crippen molar-refractivity contribution in [2.75, 3.05) is 19.8 Å². The van der Waals surface area contributed by atoms with Gasteiger partial charge in [-0.05, 0) is 67.9 Å². The predicted molar refractivity (Wildman–Crippen MR) is 141 cm³/mol. The van der Waals surface area contributed by atoms with Gasteiger partial charge in [0.05, 0.1) is 11.7 Å². The van der Waals surface area contributed by atoms with E-state index in [-0.39, 0.29) is 35.4 Å². The Balaban J connectivity index is 1.44. The van der Waals surface area contributed by atoms with Crippen LogP contribution in [0.1, 0.15) is 57.7 Å². The molecular formula is C29H36N4O4. The van der Waals surface area contributed by atoms with Crippen LogP contribution in [0.15, 0.2) is 48.8 Å². The average molecular weight is 505 g/mol. The molecule has 0 saturated carbocycles. The summed E-state index contributed by atoms with van der Waals surface area (Å²) < 4.78 is 7.54. The fraction of sp³-hybridized carbons (Fsp3) is 0.483. The second-order valence-corrected chi connectivity index (χ2v) is 10.3. The molecule has 0 aliphatic carbocycles. The number of ether oxygens (including phenoxy) is 1. The molecule has 8 heteroatoms. The van der Waals surface area contributed by atoms with E-state index in [0.29, 0.717) is 19.8 Å². The van der Waals surface area contributed by atoms with Crippen molar-refractivity contribution in [3.63, 3.8) is 0 Å². The largest absolute Gasteiger partial charge is 0.508 e. The van der Waals surface area contributed by atoms with Gasteiger partial charge in [-0.2, -0.15) is 0 Å². The number of amides is 2. The number of imidazole rings is 1. The molecule has 0 spiro atoms. The average Bonchev–Trinajstić information content (AvgIpc) is 3.59. The number of carbonyl (C=O) groups is 2. The molecule has 0 bridgehead atoms. The molecule has 2 amide bonds. The van der Waals surface area contributed by atoms with Crippen molar-refractivity contribution in [1.82, 2.24) is 19.6 Å². The Morgan fingerprint density at radius 2 is 1.92 bits per heavy atom. The molecule has 2 aromatic heterocycles. The molecule has 3 aromatic rings. The molecule has 2 aliphatic rings. The summed E-state index contributed by atoms with van der Waals surface area (Å²) >= 11 is 0. The van der Waals surface area contributed by atoms with Crippen LogP contribution in [0.5, 0.6) is 5.75 Å². The molecule has 37 heavy (non-hydrogen) atoms. The molecule has 4 heterocycles. The van der Waals surface area contributed by atoms with E-state index in [1.807, 2.05) is 59.8 Å². The van der Waals surface area contributed by atoms with Crippen LogP contribution < -0.4 is 5.32 Å². The number of nitrogens with one attached hydrogen (secondary N) is 1. The van der Waals surface area contributed by atoms with Crippen LogP contribution >= 0.6 is 0 Å². The molecule has 2 N–H and O–H groups in total. The van der Waals surface area contributed by atoms with E-state index in [1.165, 1.54) is 0 Å². The van der Waals surface area contributed by atoms with Gasteiger partial charge in [-0.1, -0.05) is 26.0 Å². The first kappa shape index (κ1) is 25.3. The van der Waals surface area contributed by atoms with E-state index in [2.05, 4.69) is 5.32 Å². The summed E-state index contributed by atoms with van der Waals surface area (Å²) in [6.45, 7) is 5.78. The van der Waals surface area contributed by atoms with Gasteiger partial charge in [-0.15, -0.1) is 0 Å². The maximum absolute atomic E-state index is 14.0. The molecule has 0 radical (unpaired) electrons. The summed E-state index contributed by atoms with van der Waals surface area (Å²) in [6, 6.07) is 10.4. The second-order valence-electron chi connectivity index (χ2n) is 10.3. The highest BCUT2D eigenvalue weighted by atomic mass is 16.5. The lowest BCUT2D eigenvalue weighted by Gasteiger charge is -2.35. The maximum atomic E-state index is 14.0. The Kier molecular flexibility index (Phi) is 7.46. The third-order valence-corrected chi connectivity index (χ3v) is 7.92. The van der Waals surface area contributed by atoms with Gasteiger partial charge in [0.15, 0.2) is 0 Å². The summed E-state index contributed by atoms with van der Waals surface area (Å²) in [6.07, 6.45) is 7.97. The minimum Gasteiger partial charge on any atom is -0.508 e. The van der Waals surface area contributed by atoms with Crippen molar-refractivity contribution in [3.05, 3.63) is 54.5 Å². The second kappa shape index (κ2) is 10.9. The van der Waals surface area contributed by atoms with Gasteiger partial charge >= 0.3 is 0 Å². The first-order valence-corrected chi connectivity index (χ1v) is 13.4. The monoisotopic (exact) mass is 504 g/mol. The fourth-order valence-electron chi connectivity index (χ4n) is 5.49. The van der Waals surface area contributed by atoms with Crippen molar-refractivity contribution in [3.8, 4) is 16.9 Å². The molecule has 3 atom stereocenters. The summed E-state index contributed by atoms with van der Waals surface area (Å²) in [5, 5.41) is 12.8. The standard InChI is InChI=1S/C29H36N4O4/c1-3-19(2)28(35)31-26(21-12-16-37-17-13-21)29(36)33-15-5-7-25(33)24-18-32-14-4-6-23(27(32)30-24)20-8-10-22(34)11-9-20/h4,6,8-11,14,18-19,21,25-26,34H,3,5,7,12-13,15-17H2,1-2H3,(H,31,35)/t19-,25+,26+/m1/s1. The Bertz CT molecular complexity index is 1250. The van der Waals surface area contributed by atoms with Crippen molar-refractivity contribution < 1.29 is 19.4 Å². The number of pyridine rings is 1. The van der Waals surface area contributed by atoms with Crippen LogP contribution in [0.3, 0.4) is 0 Å². The van der Waals surface area contributed by atoms with Gasteiger partial charge in [0.25, 0.3) is 0 Å². The zero-order chi connectivity index (χ0) is 25.9. The lowest BCUT2D eigenvalue weighted by Crippen LogP contribution is -2.54. The first-order valence-electron chi connectivity index (χ1n) is 13.4. The Labute approximate surface area is 217 Å². The minimum absolute atomic E-state index is 0.0122.